The highest BCUT2D eigenvalue weighted by molar-refractivity contribution is 5.83. The van der Waals surface area contributed by atoms with E-state index in [0.29, 0.717) is 42.1 Å². The van der Waals surface area contributed by atoms with Crippen LogP contribution in [0.4, 0.5) is 4.39 Å². The minimum absolute atomic E-state index is 0.00946. The fourth-order valence-electron chi connectivity index (χ4n) is 5.15. The molecule has 0 radical (unpaired) electrons. The van der Waals surface area contributed by atoms with Crippen molar-refractivity contribution >= 4 is 23.8 Å². The predicted molar refractivity (Wildman–Crippen MR) is 153 cm³/mol. The third kappa shape index (κ3) is 7.14. The van der Waals surface area contributed by atoms with Crippen molar-refractivity contribution in [1.29, 1.82) is 0 Å². The van der Waals surface area contributed by atoms with Gasteiger partial charge in [-0.3, -0.25) is 19.2 Å². The summed E-state index contributed by atoms with van der Waals surface area (Å²) in [6.45, 7) is 4.12. The molecule has 2 aromatic rings. The molecule has 2 N–H and O–H groups in total. The summed E-state index contributed by atoms with van der Waals surface area (Å²) in [5.41, 5.74) is 2.65. The third-order valence-electron chi connectivity index (χ3n) is 7.82. The number of fused-ring (bicyclic) bond motifs is 2. The second kappa shape index (κ2) is 13.8. The van der Waals surface area contributed by atoms with E-state index in [4.69, 9.17) is 29.2 Å². The van der Waals surface area contributed by atoms with Crippen LogP contribution in [0.15, 0.2) is 18.2 Å². The first-order chi connectivity index (χ1) is 20.9. The minimum atomic E-state index is -1.07. The Balaban J connectivity index is 1.33. The predicted octanol–water partition coefficient (Wildman–Crippen LogP) is 3.60. The first-order valence-corrected chi connectivity index (χ1v) is 14.3. The zero-order chi connectivity index (χ0) is 32.1. The number of nitrogens with zero attached hydrogens (tertiary/aromatic N) is 2. The highest BCUT2D eigenvalue weighted by Gasteiger charge is 2.32. The molecular weight excluding hydrogens is 579 g/mol. The average Bonchev–Trinajstić information content (AvgIpc) is 3.61. The van der Waals surface area contributed by atoms with Crippen LogP contribution in [0.1, 0.15) is 55.4 Å². The van der Waals surface area contributed by atoms with E-state index in [1.165, 1.54) is 33.0 Å². The fourth-order valence-corrected chi connectivity index (χ4v) is 5.15. The standard InChI is InChI=1S/C31H37FN2O10/c1-17(30(37)38)8-26(35)33-13-19-10-23(41-3)24(11-20(19)14-33)43-6-5-7-44-29-25(42-4)12-21-15-34(16-22(21)28(29)32)27(36)9-18(2)31(39)40/h10-12,17-18H,5-9,13-16H2,1-4H3,(H,37,38)(H,39,40)/t17-,18-/m0/s1. The van der Waals surface area contributed by atoms with E-state index in [1.54, 1.807) is 23.1 Å². The van der Waals surface area contributed by atoms with E-state index in [0.717, 1.165) is 11.1 Å². The number of carboxylic acids is 2. The second-order valence-electron chi connectivity index (χ2n) is 11.1. The number of hydrogen-bond donors (Lipinski definition) is 2. The highest BCUT2D eigenvalue weighted by Crippen LogP contribution is 2.39. The van der Waals surface area contributed by atoms with Crippen molar-refractivity contribution in [2.45, 2.75) is 59.3 Å². The molecule has 2 aliphatic rings. The normalized spacial score (nSPS) is 14.8. The maximum absolute atomic E-state index is 15.5. The number of halogens is 1. The van der Waals surface area contributed by atoms with Gasteiger partial charge in [-0.15, -0.1) is 0 Å². The van der Waals surface area contributed by atoms with Gasteiger partial charge in [-0.1, -0.05) is 13.8 Å². The molecule has 0 spiro atoms. The fraction of sp³-hybridized carbons (Fsp3) is 0.484. The van der Waals surface area contributed by atoms with E-state index in [1.807, 2.05) is 0 Å². The maximum atomic E-state index is 15.5. The topological polar surface area (TPSA) is 152 Å². The van der Waals surface area contributed by atoms with Crippen molar-refractivity contribution in [3.8, 4) is 23.0 Å². The van der Waals surface area contributed by atoms with Gasteiger partial charge >= 0.3 is 11.9 Å². The van der Waals surface area contributed by atoms with Gasteiger partial charge in [0.15, 0.2) is 28.8 Å². The Morgan fingerprint density at radius 2 is 1.23 bits per heavy atom. The van der Waals surface area contributed by atoms with Crippen LogP contribution in [0.3, 0.4) is 0 Å². The van der Waals surface area contributed by atoms with Crippen LogP contribution in [-0.4, -0.2) is 71.2 Å². The van der Waals surface area contributed by atoms with Gasteiger partial charge in [0, 0.05) is 51.0 Å². The van der Waals surface area contributed by atoms with Crippen LogP contribution < -0.4 is 18.9 Å². The van der Waals surface area contributed by atoms with Crippen molar-refractivity contribution in [2.75, 3.05) is 27.4 Å². The molecule has 44 heavy (non-hydrogen) atoms. The summed E-state index contributed by atoms with van der Waals surface area (Å²) in [5.74, 6) is -3.87. The van der Waals surface area contributed by atoms with Crippen molar-refractivity contribution in [3.05, 3.63) is 46.3 Å². The number of methoxy groups -OCH3 is 2. The van der Waals surface area contributed by atoms with Crippen molar-refractivity contribution in [3.63, 3.8) is 0 Å². The summed E-state index contributed by atoms with van der Waals surface area (Å²) in [4.78, 5) is 50.4. The number of carboxylic acid groups (broad SMARTS) is 2. The van der Waals surface area contributed by atoms with Gasteiger partial charge in [-0.05, 0) is 34.9 Å². The van der Waals surface area contributed by atoms with Crippen LogP contribution in [-0.2, 0) is 45.4 Å². The van der Waals surface area contributed by atoms with Gasteiger partial charge in [0.05, 0.1) is 39.3 Å². The molecule has 4 rings (SSSR count). The molecule has 0 unspecified atom stereocenters. The molecule has 12 nitrogen and oxygen atoms in total. The molecule has 0 saturated carbocycles. The molecule has 0 aliphatic carbocycles. The molecule has 2 heterocycles. The number of aliphatic carboxylic acids is 2. The Morgan fingerprint density at radius 1 is 0.750 bits per heavy atom. The summed E-state index contributed by atoms with van der Waals surface area (Å²) in [5, 5.41) is 18.2. The Labute approximate surface area is 254 Å². The van der Waals surface area contributed by atoms with Gasteiger partial charge in [0.25, 0.3) is 0 Å². The van der Waals surface area contributed by atoms with E-state index in [2.05, 4.69) is 0 Å². The molecule has 13 heteroatoms. The van der Waals surface area contributed by atoms with E-state index < -0.39 is 29.6 Å². The number of hydrogen-bond acceptors (Lipinski definition) is 8. The zero-order valence-corrected chi connectivity index (χ0v) is 25.2. The van der Waals surface area contributed by atoms with Crippen molar-refractivity contribution in [2.24, 2.45) is 11.8 Å². The van der Waals surface area contributed by atoms with Gasteiger partial charge in [-0.2, -0.15) is 0 Å². The molecule has 2 amide bonds. The summed E-state index contributed by atoms with van der Waals surface area (Å²) in [6.07, 6.45) is 0.125. The quantitative estimate of drug-likeness (QED) is 0.301. The average molecular weight is 617 g/mol. The Hall–Kier alpha value is -4.55. The molecule has 0 aromatic heterocycles. The number of rotatable bonds is 14. The summed E-state index contributed by atoms with van der Waals surface area (Å²) >= 11 is 0. The van der Waals surface area contributed by atoms with Crippen LogP contribution in [0.5, 0.6) is 23.0 Å². The molecule has 2 aromatic carbocycles. The number of ether oxygens (including phenoxy) is 4. The Kier molecular flexibility index (Phi) is 10.2. The van der Waals surface area contributed by atoms with Gasteiger partial charge < -0.3 is 39.0 Å². The molecule has 0 fully saturated rings. The lowest BCUT2D eigenvalue weighted by Gasteiger charge is -2.16. The Bertz CT molecular complexity index is 1450. The lowest BCUT2D eigenvalue weighted by atomic mass is 10.1. The van der Waals surface area contributed by atoms with E-state index >= 15 is 4.39 Å². The lowest BCUT2D eigenvalue weighted by Crippen LogP contribution is -2.28. The molecule has 2 atom stereocenters. The lowest BCUT2D eigenvalue weighted by molar-refractivity contribution is -0.145. The smallest absolute Gasteiger partial charge is 0.306 e. The molecule has 238 valence electrons. The molecule has 0 bridgehead atoms. The third-order valence-corrected chi connectivity index (χ3v) is 7.82. The minimum Gasteiger partial charge on any atom is -0.493 e. The van der Waals surface area contributed by atoms with Crippen molar-refractivity contribution < 1.29 is 52.7 Å². The van der Waals surface area contributed by atoms with Gasteiger partial charge in [-0.25, -0.2) is 4.39 Å². The summed E-state index contributed by atoms with van der Waals surface area (Å²) in [7, 11) is 2.90. The number of amides is 2. The van der Waals surface area contributed by atoms with E-state index in [-0.39, 0.29) is 62.5 Å². The van der Waals surface area contributed by atoms with Gasteiger partial charge in [0.2, 0.25) is 11.8 Å². The summed E-state index contributed by atoms with van der Waals surface area (Å²) in [6, 6.07) is 5.23. The monoisotopic (exact) mass is 616 g/mol. The van der Waals surface area contributed by atoms with E-state index in [9.17, 15) is 19.2 Å². The first kappa shape index (κ1) is 32.4. The first-order valence-electron chi connectivity index (χ1n) is 14.3. The van der Waals surface area contributed by atoms with Crippen molar-refractivity contribution in [1.82, 2.24) is 9.80 Å². The zero-order valence-electron chi connectivity index (χ0n) is 25.2. The molecule has 2 aliphatic heterocycles. The molecule has 0 saturated heterocycles. The number of benzene rings is 2. The maximum Gasteiger partial charge on any atom is 0.306 e. The Morgan fingerprint density at radius 3 is 1.77 bits per heavy atom. The number of carbonyl (C=O) groups excluding carboxylic acids is 2. The van der Waals surface area contributed by atoms with Gasteiger partial charge in [0.1, 0.15) is 0 Å². The van der Waals surface area contributed by atoms with Crippen LogP contribution in [0.2, 0.25) is 0 Å². The SMILES string of the molecule is COc1cc2c(cc1OCCCOc1c(OC)cc3c(c1F)CN(C(=O)C[C@H](C)C(=O)O)C3)CN(C(=O)C[C@H](C)C(=O)O)C2. The van der Waals surface area contributed by atoms with Crippen LogP contribution in [0.25, 0.3) is 0 Å². The summed E-state index contributed by atoms with van der Waals surface area (Å²) < 4.78 is 38.0. The highest BCUT2D eigenvalue weighted by atomic mass is 19.1. The molecular formula is C31H37FN2O10. The number of carbonyl (C=O) groups is 4. The van der Waals surface area contributed by atoms with Crippen LogP contribution >= 0.6 is 0 Å². The van der Waals surface area contributed by atoms with Crippen LogP contribution in [0, 0.1) is 17.7 Å². The second-order valence-corrected chi connectivity index (χ2v) is 11.1. The largest absolute Gasteiger partial charge is 0.493 e.